The Morgan fingerprint density at radius 2 is 2.11 bits per heavy atom. The van der Waals surface area contributed by atoms with E-state index in [4.69, 9.17) is 0 Å². The van der Waals surface area contributed by atoms with Crippen LogP contribution < -0.4 is 5.32 Å². The smallest absolute Gasteiger partial charge is 0.364 e. The van der Waals surface area contributed by atoms with Crippen LogP contribution in [-0.2, 0) is 12.7 Å². The molecule has 0 unspecified atom stereocenters. The molecule has 0 aromatic carbocycles. The van der Waals surface area contributed by atoms with Crippen molar-refractivity contribution < 1.29 is 13.2 Å². The minimum Gasteiger partial charge on any atom is -0.364 e. The predicted molar refractivity (Wildman–Crippen MR) is 66.4 cm³/mol. The van der Waals surface area contributed by atoms with E-state index in [0.29, 0.717) is 5.69 Å². The first-order valence-corrected chi connectivity index (χ1v) is 6.54. The van der Waals surface area contributed by atoms with Crippen LogP contribution in [0.4, 0.5) is 19.0 Å². The first-order chi connectivity index (χ1) is 8.47. The molecule has 0 fully saturated rings. The van der Waals surface area contributed by atoms with Crippen LogP contribution in [0.15, 0.2) is 27.6 Å². The Hall–Kier alpha value is -1.15. The summed E-state index contributed by atoms with van der Waals surface area (Å²) in [5.41, 5.74) is 1.50. The van der Waals surface area contributed by atoms with Crippen molar-refractivity contribution in [3.8, 4) is 0 Å². The van der Waals surface area contributed by atoms with Gasteiger partial charge in [-0.05, 0) is 22.0 Å². The lowest BCUT2D eigenvalue weighted by molar-refractivity contribution is -0.137. The maximum absolute atomic E-state index is 12.8. The third-order valence-corrected chi connectivity index (χ3v) is 3.15. The van der Waals surface area contributed by atoms with Gasteiger partial charge in [-0.1, -0.05) is 0 Å². The number of anilines is 1. The molecule has 0 amide bonds. The maximum Gasteiger partial charge on any atom is 0.419 e. The van der Waals surface area contributed by atoms with Gasteiger partial charge < -0.3 is 5.32 Å². The summed E-state index contributed by atoms with van der Waals surface area (Å²) in [6, 6.07) is 0.996. The highest BCUT2D eigenvalue weighted by Crippen LogP contribution is 2.35. The Bertz CT molecular complexity index is 528. The Kier molecular flexibility index (Phi) is 3.86. The molecule has 2 heterocycles. The molecule has 2 aromatic heterocycles. The largest absolute Gasteiger partial charge is 0.419 e. The molecule has 0 saturated heterocycles. The number of alkyl halides is 3. The molecule has 0 spiro atoms. The molecule has 0 saturated carbocycles. The lowest BCUT2D eigenvalue weighted by atomic mass is 10.2. The fraction of sp³-hybridized carbons (Fsp3) is 0.200. The molecule has 18 heavy (non-hydrogen) atoms. The van der Waals surface area contributed by atoms with Crippen LogP contribution in [0.2, 0.25) is 0 Å². The van der Waals surface area contributed by atoms with Crippen molar-refractivity contribution in [2.24, 2.45) is 0 Å². The minimum atomic E-state index is -4.44. The Labute approximate surface area is 113 Å². The van der Waals surface area contributed by atoms with E-state index in [1.807, 2.05) is 0 Å². The molecule has 3 nitrogen and oxygen atoms in total. The summed E-state index contributed by atoms with van der Waals surface area (Å²) >= 11 is 4.36. The molecule has 0 aliphatic rings. The van der Waals surface area contributed by atoms with Crippen molar-refractivity contribution >= 4 is 33.1 Å². The van der Waals surface area contributed by atoms with E-state index >= 15 is 0 Å². The topological polar surface area (TPSA) is 37.8 Å². The van der Waals surface area contributed by atoms with Gasteiger partial charge in [-0.3, -0.25) is 0 Å². The Balaban J connectivity index is 2.22. The lowest BCUT2D eigenvalue weighted by Gasteiger charge is -2.13. The number of aromatic nitrogens is 2. The zero-order valence-electron chi connectivity index (χ0n) is 8.83. The quantitative estimate of drug-likeness (QED) is 0.921. The third-order valence-electron chi connectivity index (χ3n) is 2.08. The molecular formula is C10H7BrF3N3S. The Morgan fingerprint density at radius 1 is 1.33 bits per heavy atom. The van der Waals surface area contributed by atoms with E-state index < -0.39 is 11.7 Å². The molecule has 1 N–H and O–H groups in total. The number of pyridine rings is 1. The summed E-state index contributed by atoms with van der Waals surface area (Å²) in [6.07, 6.45) is -3.13. The van der Waals surface area contributed by atoms with Gasteiger partial charge in [-0.2, -0.15) is 13.2 Å². The number of nitrogens with one attached hydrogen (secondary N) is 1. The van der Waals surface area contributed by atoms with Gasteiger partial charge in [0.2, 0.25) is 0 Å². The molecular weight excluding hydrogens is 331 g/mol. The van der Waals surface area contributed by atoms with Crippen LogP contribution in [0, 0.1) is 0 Å². The van der Waals surface area contributed by atoms with Crippen LogP contribution in [-0.4, -0.2) is 9.97 Å². The summed E-state index contributed by atoms with van der Waals surface area (Å²) in [5.74, 6) is -0.196. The molecule has 8 heteroatoms. The highest BCUT2D eigenvalue weighted by Gasteiger charge is 2.34. The van der Waals surface area contributed by atoms with Gasteiger partial charge in [0.1, 0.15) is 5.82 Å². The van der Waals surface area contributed by atoms with E-state index in [1.165, 1.54) is 17.5 Å². The molecule has 2 aromatic rings. The third kappa shape index (κ3) is 3.20. The van der Waals surface area contributed by atoms with Crippen LogP contribution >= 0.6 is 27.3 Å². The van der Waals surface area contributed by atoms with E-state index in [-0.39, 0.29) is 16.8 Å². The van der Waals surface area contributed by atoms with E-state index in [9.17, 15) is 13.2 Å². The normalized spacial score (nSPS) is 11.6. The van der Waals surface area contributed by atoms with Gasteiger partial charge in [0.05, 0.1) is 23.3 Å². The molecule has 0 radical (unpaired) electrons. The highest BCUT2D eigenvalue weighted by atomic mass is 79.9. The number of hydrogen-bond acceptors (Lipinski definition) is 4. The zero-order valence-corrected chi connectivity index (χ0v) is 11.2. The van der Waals surface area contributed by atoms with Gasteiger partial charge in [-0.25, -0.2) is 9.97 Å². The van der Waals surface area contributed by atoms with E-state index in [0.717, 1.165) is 6.07 Å². The molecule has 0 bridgehead atoms. The van der Waals surface area contributed by atoms with Gasteiger partial charge in [0.15, 0.2) is 0 Å². The molecule has 0 aliphatic carbocycles. The van der Waals surface area contributed by atoms with Gasteiger partial charge in [0.25, 0.3) is 0 Å². The van der Waals surface area contributed by atoms with Crippen LogP contribution in [0.1, 0.15) is 11.3 Å². The summed E-state index contributed by atoms with van der Waals surface area (Å²) in [7, 11) is 0. The van der Waals surface area contributed by atoms with Crippen LogP contribution in [0.25, 0.3) is 0 Å². The van der Waals surface area contributed by atoms with Crippen molar-refractivity contribution in [1.29, 1.82) is 0 Å². The summed E-state index contributed by atoms with van der Waals surface area (Å²) in [6.45, 7) is 0.210. The first-order valence-electron chi connectivity index (χ1n) is 4.80. The summed E-state index contributed by atoms with van der Waals surface area (Å²) in [4.78, 5) is 7.72. The Morgan fingerprint density at radius 3 is 2.72 bits per heavy atom. The molecule has 96 valence electrons. The average Bonchev–Trinajstić information content (AvgIpc) is 2.79. The average molecular weight is 338 g/mol. The van der Waals surface area contributed by atoms with Crippen LogP contribution in [0.5, 0.6) is 0 Å². The second-order valence-corrected chi connectivity index (χ2v) is 5.02. The second-order valence-electron chi connectivity index (χ2n) is 3.38. The number of halogens is 4. The van der Waals surface area contributed by atoms with Crippen molar-refractivity contribution in [3.63, 3.8) is 0 Å². The number of hydrogen-bond donors (Lipinski definition) is 1. The summed E-state index contributed by atoms with van der Waals surface area (Å²) in [5, 5.41) is 4.40. The minimum absolute atomic E-state index is 0.196. The first kappa shape index (κ1) is 13.3. The monoisotopic (exact) mass is 337 g/mol. The standard InChI is InChI=1S/C10H7BrF3N3S/c11-6-1-8(10(12,13)14)9(15-2-6)16-3-7-4-18-5-17-7/h1-2,4-5H,3H2,(H,15,16). The number of nitrogens with zero attached hydrogens (tertiary/aromatic N) is 2. The lowest BCUT2D eigenvalue weighted by Crippen LogP contribution is -2.12. The fourth-order valence-electron chi connectivity index (χ4n) is 1.30. The van der Waals surface area contributed by atoms with Gasteiger partial charge >= 0.3 is 6.18 Å². The maximum atomic E-state index is 12.8. The number of rotatable bonds is 3. The van der Waals surface area contributed by atoms with E-state index in [1.54, 1.807) is 10.9 Å². The van der Waals surface area contributed by atoms with Crippen molar-refractivity contribution in [2.45, 2.75) is 12.7 Å². The van der Waals surface area contributed by atoms with Gasteiger partial charge in [0, 0.05) is 16.0 Å². The number of thiazole rings is 1. The van der Waals surface area contributed by atoms with Crippen molar-refractivity contribution in [2.75, 3.05) is 5.32 Å². The van der Waals surface area contributed by atoms with Crippen molar-refractivity contribution in [1.82, 2.24) is 9.97 Å². The molecule has 0 aliphatic heterocycles. The predicted octanol–water partition coefficient (Wildman–Crippen LogP) is 3.93. The van der Waals surface area contributed by atoms with Crippen LogP contribution in [0.3, 0.4) is 0 Å². The molecule has 0 atom stereocenters. The van der Waals surface area contributed by atoms with Crippen molar-refractivity contribution in [3.05, 3.63) is 38.9 Å². The molecule has 2 rings (SSSR count). The van der Waals surface area contributed by atoms with Gasteiger partial charge in [-0.15, -0.1) is 11.3 Å². The highest BCUT2D eigenvalue weighted by molar-refractivity contribution is 9.10. The SMILES string of the molecule is FC(F)(F)c1cc(Br)cnc1NCc1cscn1. The summed E-state index contributed by atoms with van der Waals surface area (Å²) < 4.78 is 38.6. The van der Waals surface area contributed by atoms with E-state index in [2.05, 4.69) is 31.2 Å². The fourth-order valence-corrected chi connectivity index (χ4v) is 2.19. The zero-order chi connectivity index (χ0) is 13.2. The second kappa shape index (κ2) is 5.23.